The molecule has 1 rings (SSSR count). The van der Waals surface area contributed by atoms with Crippen LogP contribution in [0.4, 0.5) is 10.5 Å². The van der Waals surface area contributed by atoms with Crippen LogP contribution in [0.1, 0.15) is 32.8 Å². The first-order chi connectivity index (χ1) is 9.64. The molecule has 0 aromatic heterocycles. The molecule has 0 unspecified atom stereocenters. The van der Waals surface area contributed by atoms with Crippen molar-refractivity contribution in [2.24, 2.45) is 0 Å². The number of nitrogens with two attached hydrogens (primary N) is 1. The van der Waals surface area contributed by atoms with Crippen molar-refractivity contribution in [3.8, 4) is 0 Å². The summed E-state index contributed by atoms with van der Waals surface area (Å²) >= 11 is 0. The Morgan fingerprint density at radius 1 is 1.24 bits per heavy atom. The molecule has 0 aliphatic rings. The van der Waals surface area contributed by atoms with Crippen molar-refractivity contribution in [3.63, 3.8) is 0 Å². The highest BCUT2D eigenvalue weighted by Crippen LogP contribution is 2.07. The number of benzene rings is 1. The van der Waals surface area contributed by atoms with E-state index in [1.807, 2.05) is 32.9 Å². The zero-order valence-electron chi connectivity index (χ0n) is 13.0. The number of aryl methyl sites for hydroxylation is 1. The van der Waals surface area contributed by atoms with E-state index < -0.39 is 5.97 Å². The second kappa shape index (κ2) is 8.84. The molecule has 0 spiro atoms. The Bertz CT molecular complexity index is 450. The van der Waals surface area contributed by atoms with Gasteiger partial charge in [-0.2, -0.15) is 0 Å². The molecule has 6 nitrogen and oxygen atoms in total. The van der Waals surface area contributed by atoms with Gasteiger partial charge in [0.15, 0.2) is 0 Å². The number of carbonyl (C=O) groups is 2. The highest BCUT2D eigenvalue weighted by molar-refractivity contribution is 5.67. The molecule has 0 heterocycles. The number of carboxylic acids is 1. The van der Waals surface area contributed by atoms with Gasteiger partial charge >= 0.3 is 12.1 Å². The van der Waals surface area contributed by atoms with E-state index in [-0.39, 0.29) is 18.1 Å². The van der Waals surface area contributed by atoms with Crippen LogP contribution in [0.2, 0.25) is 0 Å². The molecule has 0 aliphatic carbocycles. The van der Waals surface area contributed by atoms with E-state index in [9.17, 15) is 9.59 Å². The molecule has 0 fully saturated rings. The van der Waals surface area contributed by atoms with Crippen LogP contribution in [0.5, 0.6) is 0 Å². The van der Waals surface area contributed by atoms with E-state index in [2.05, 4.69) is 5.32 Å². The lowest BCUT2D eigenvalue weighted by Crippen LogP contribution is -2.30. The quantitative estimate of drug-likeness (QED) is 0.743. The van der Waals surface area contributed by atoms with Crippen molar-refractivity contribution in [2.45, 2.75) is 39.2 Å². The van der Waals surface area contributed by atoms with Gasteiger partial charge in [0.1, 0.15) is 5.60 Å². The van der Waals surface area contributed by atoms with Gasteiger partial charge in [0.05, 0.1) is 0 Å². The Kier molecular flexibility index (Phi) is 7.89. The molecule has 1 amide bonds. The molecular weight excluding hydrogens is 272 g/mol. The highest BCUT2D eigenvalue weighted by atomic mass is 16.6. The zero-order valence-corrected chi connectivity index (χ0v) is 13.0. The minimum Gasteiger partial charge on any atom is -0.481 e. The minimum absolute atomic E-state index is 0.171. The fourth-order valence-electron chi connectivity index (χ4n) is 1.26. The van der Waals surface area contributed by atoms with Crippen molar-refractivity contribution in [3.05, 3.63) is 29.8 Å². The van der Waals surface area contributed by atoms with Gasteiger partial charge in [-0.1, -0.05) is 12.1 Å². The van der Waals surface area contributed by atoms with Crippen molar-refractivity contribution >= 4 is 17.7 Å². The number of nitrogens with one attached hydrogen (secondary N) is 1. The van der Waals surface area contributed by atoms with E-state index in [1.54, 1.807) is 12.1 Å². The Hall–Kier alpha value is -2.24. The van der Waals surface area contributed by atoms with Crippen LogP contribution in [0.25, 0.3) is 0 Å². The van der Waals surface area contributed by atoms with E-state index in [0.29, 0.717) is 12.1 Å². The highest BCUT2D eigenvalue weighted by Gasteiger charge is 2.13. The molecule has 0 aliphatic heterocycles. The standard InChI is InChI=1S/C9H11NO2.C6H13NO2/c10-8-4-1-7(2-5-8)3-6-9(11)12;1-6(2,3)9-5(8)7-4/h1-2,4-5H,3,6,10H2,(H,11,12);1-4H3,(H,7,8). The fourth-order valence-corrected chi connectivity index (χ4v) is 1.26. The third kappa shape index (κ3) is 11.3. The average Bonchev–Trinajstić information content (AvgIpc) is 2.36. The van der Waals surface area contributed by atoms with Crippen molar-refractivity contribution < 1.29 is 19.4 Å². The van der Waals surface area contributed by atoms with Crippen LogP contribution in [0.3, 0.4) is 0 Å². The number of carboxylic acid groups (broad SMARTS) is 1. The molecule has 0 saturated heterocycles. The van der Waals surface area contributed by atoms with Gasteiger partial charge in [0.2, 0.25) is 0 Å². The van der Waals surface area contributed by atoms with Gasteiger partial charge in [-0.15, -0.1) is 0 Å². The fraction of sp³-hybridized carbons (Fsp3) is 0.467. The first kappa shape index (κ1) is 18.8. The molecule has 6 heteroatoms. The molecule has 1 aromatic rings. The van der Waals surface area contributed by atoms with Crippen LogP contribution in [-0.4, -0.2) is 29.8 Å². The lowest BCUT2D eigenvalue weighted by Gasteiger charge is -2.18. The Balaban J connectivity index is 0.000000400. The number of rotatable bonds is 3. The maximum absolute atomic E-state index is 10.5. The molecule has 1 aromatic carbocycles. The summed E-state index contributed by atoms with van der Waals surface area (Å²) < 4.78 is 4.84. The van der Waals surface area contributed by atoms with Gasteiger partial charge in [-0.05, 0) is 44.9 Å². The monoisotopic (exact) mass is 296 g/mol. The molecular formula is C15H24N2O4. The largest absolute Gasteiger partial charge is 0.481 e. The summed E-state index contributed by atoms with van der Waals surface area (Å²) in [5.41, 5.74) is 6.79. The SMILES string of the molecule is CNC(=O)OC(C)(C)C.Nc1ccc(CCC(=O)O)cc1. The Labute approximate surface area is 125 Å². The molecule has 0 bridgehead atoms. The van der Waals surface area contributed by atoms with Crippen molar-refractivity contribution in [1.29, 1.82) is 0 Å². The molecule has 0 radical (unpaired) electrons. The number of hydrogen-bond acceptors (Lipinski definition) is 4. The minimum atomic E-state index is -0.771. The molecule has 4 N–H and O–H groups in total. The van der Waals surface area contributed by atoms with Gasteiger partial charge < -0.3 is 20.9 Å². The predicted octanol–water partition coefficient (Wildman–Crippen LogP) is 2.43. The summed E-state index contributed by atoms with van der Waals surface area (Å²) in [5, 5.41) is 10.8. The Morgan fingerprint density at radius 3 is 2.10 bits per heavy atom. The normalized spacial score (nSPS) is 10.1. The topological polar surface area (TPSA) is 102 Å². The van der Waals surface area contributed by atoms with E-state index in [0.717, 1.165) is 5.56 Å². The Morgan fingerprint density at radius 2 is 1.76 bits per heavy atom. The summed E-state index contributed by atoms with van der Waals surface area (Å²) in [6, 6.07) is 7.24. The van der Waals surface area contributed by atoms with E-state index in [1.165, 1.54) is 7.05 Å². The molecule has 0 atom stereocenters. The third-order valence-corrected chi connectivity index (χ3v) is 2.21. The average molecular weight is 296 g/mol. The number of anilines is 1. The second-order valence-corrected chi connectivity index (χ2v) is 5.39. The maximum atomic E-state index is 10.5. The van der Waals surface area contributed by atoms with Crippen LogP contribution in [0, 0.1) is 0 Å². The molecule has 0 saturated carbocycles. The number of nitrogen functional groups attached to an aromatic ring is 1. The lowest BCUT2D eigenvalue weighted by molar-refractivity contribution is -0.136. The van der Waals surface area contributed by atoms with Crippen LogP contribution < -0.4 is 11.1 Å². The lowest BCUT2D eigenvalue weighted by atomic mass is 10.1. The van der Waals surface area contributed by atoms with Crippen LogP contribution >= 0.6 is 0 Å². The summed E-state index contributed by atoms with van der Waals surface area (Å²) in [7, 11) is 1.54. The summed E-state index contributed by atoms with van der Waals surface area (Å²) in [6.45, 7) is 5.46. The third-order valence-electron chi connectivity index (χ3n) is 2.21. The number of ether oxygens (including phenoxy) is 1. The number of carbonyl (C=O) groups excluding carboxylic acids is 1. The number of alkyl carbamates (subject to hydrolysis) is 1. The number of hydrogen-bond donors (Lipinski definition) is 3. The summed E-state index contributed by atoms with van der Waals surface area (Å²) in [6.07, 6.45) is 0.349. The first-order valence-electron chi connectivity index (χ1n) is 6.61. The first-order valence-corrected chi connectivity index (χ1v) is 6.61. The smallest absolute Gasteiger partial charge is 0.407 e. The van der Waals surface area contributed by atoms with Crippen LogP contribution in [0.15, 0.2) is 24.3 Å². The van der Waals surface area contributed by atoms with E-state index >= 15 is 0 Å². The van der Waals surface area contributed by atoms with Gasteiger partial charge in [0.25, 0.3) is 0 Å². The van der Waals surface area contributed by atoms with E-state index in [4.69, 9.17) is 15.6 Å². The number of amides is 1. The second-order valence-electron chi connectivity index (χ2n) is 5.39. The van der Waals surface area contributed by atoms with Gasteiger partial charge in [0, 0.05) is 19.2 Å². The summed E-state index contributed by atoms with van der Waals surface area (Å²) in [5.74, 6) is -0.771. The summed E-state index contributed by atoms with van der Waals surface area (Å²) in [4.78, 5) is 20.7. The van der Waals surface area contributed by atoms with Crippen molar-refractivity contribution in [2.75, 3.05) is 12.8 Å². The van der Waals surface area contributed by atoms with Gasteiger partial charge in [-0.3, -0.25) is 4.79 Å². The molecule has 118 valence electrons. The zero-order chi connectivity index (χ0) is 16.5. The number of aliphatic carboxylic acids is 1. The predicted molar refractivity (Wildman–Crippen MR) is 82.1 cm³/mol. The maximum Gasteiger partial charge on any atom is 0.407 e. The molecule has 21 heavy (non-hydrogen) atoms. The van der Waals surface area contributed by atoms with Crippen LogP contribution in [-0.2, 0) is 16.0 Å². The van der Waals surface area contributed by atoms with Crippen molar-refractivity contribution in [1.82, 2.24) is 5.32 Å². The van der Waals surface area contributed by atoms with Gasteiger partial charge in [-0.25, -0.2) is 4.79 Å².